The first-order valence-corrected chi connectivity index (χ1v) is 7.45. The minimum absolute atomic E-state index is 0.191. The molecule has 1 heterocycles. The van der Waals surface area contributed by atoms with Gasteiger partial charge >= 0.3 is 0 Å². The summed E-state index contributed by atoms with van der Waals surface area (Å²) < 4.78 is 16.8. The fourth-order valence-corrected chi connectivity index (χ4v) is 2.42. The summed E-state index contributed by atoms with van der Waals surface area (Å²) in [5.74, 6) is 0.703. The quantitative estimate of drug-likeness (QED) is 0.901. The summed E-state index contributed by atoms with van der Waals surface area (Å²) in [6.07, 6.45) is 1.85. The van der Waals surface area contributed by atoms with Crippen LogP contribution in [0.25, 0.3) is 0 Å². The molecule has 0 bridgehead atoms. The number of hydrogen-bond donors (Lipinski definition) is 1. The number of hydrogen-bond acceptors (Lipinski definition) is 2. The number of nitrogens with zero attached hydrogens (tertiary/aromatic N) is 2. The minimum Gasteiger partial charge on any atom is -0.326 e. The van der Waals surface area contributed by atoms with E-state index >= 15 is 0 Å². The molecule has 0 atom stereocenters. The molecule has 0 aliphatic rings. The lowest BCUT2D eigenvalue weighted by atomic mass is 10.2. The summed E-state index contributed by atoms with van der Waals surface area (Å²) in [6.45, 7) is 7.36. The predicted octanol–water partition coefficient (Wildman–Crippen LogP) is 3.64. The summed E-state index contributed by atoms with van der Waals surface area (Å²) in [4.78, 5) is 4.33. The molecule has 0 aliphatic carbocycles. The molecule has 2 aromatic rings. The van der Waals surface area contributed by atoms with Crippen molar-refractivity contribution in [1.29, 1.82) is 0 Å². The standard InChI is InChI=1S/C15H19BrFN3/c1-10(2)18-7-14-8-19-11(3)20(14)9-12-6-13(16)4-5-15(12)17/h4-6,8,10,18H,7,9H2,1-3H3. The fraction of sp³-hybridized carbons (Fsp3) is 0.400. The van der Waals surface area contributed by atoms with E-state index in [9.17, 15) is 4.39 Å². The van der Waals surface area contributed by atoms with Gasteiger partial charge in [-0.25, -0.2) is 9.37 Å². The van der Waals surface area contributed by atoms with Crippen molar-refractivity contribution in [3.63, 3.8) is 0 Å². The molecule has 0 aliphatic heterocycles. The van der Waals surface area contributed by atoms with Gasteiger partial charge in [-0.1, -0.05) is 29.8 Å². The third-order valence-corrected chi connectivity index (χ3v) is 3.66. The lowest BCUT2D eigenvalue weighted by Crippen LogP contribution is -2.24. The van der Waals surface area contributed by atoms with Gasteiger partial charge in [-0.15, -0.1) is 0 Å². The zero-order chi connectivity index (χ0) is 14.7. The normalized spacial score (nSPS) is 11.3. The highest BCUT2D eigenvalue weighted by molar-refractivity contribution is 9.10. The van der Waals surface area contributed by atoms with E-state index in [1.807, 2.05) is 23.8 Å². The highest BCUT2D eigenvalue weighted by Gasteiger charge is 2.10. The Bertz CT molecular complexity index is 593. The molecule has 1 aromatic heterocycles. The number of benzene rings is 1. The van der Waals surface area contributed by atoms with Crippen LogP contribution in [0.1, 0.15) is 30.9 Å². The van der Waals surface area contributed by atoms with Crippen LogP contribution < -0.4 is 5.32 Å². The van der Waals surface area contributed by atoms with E-state index in [0.717, 1.165) is 22.5 Å². The van der Waals surface area contributed by atoms with Crippen LogP contribution in [0.5, 0.6) is 0 Å². The first-order chi connectivity index (χ1) is 9.47. The molecule has 3 nitrogen and oxygen atoms in total. The smallest absolute Gasteiger partial charge is 0.128 e. The van der Waals surface area contributed by atoms with Gasteiger partial charge in [-0.3, -0.25) is 0 Å². The van der Waals surface area contributed by atoms with Crippen LogP contribution in [0.4, 0.5) is 4.39 Å². The molecule has 2 rings (SSSR count). The first kappa shape index (κ1) is 15.2. The third kappa shape index (κ3) is 3.67. The Morgan fingerprint density at radius 1 is 1.40 bits per heavy atom. The third-order valence-electron chi connectivity index (χ3n) is 3.17. The van der Waals surface area contributed by atoms with E-state index in [1.165, 1.54) is 6.07 Å². The first-order valence-electron chi connectivity index (χ1n) is 6.65. The van der Waals surface area contributed by atoms with E-state index in [1.54, 1.807) is 6.07 Å². The van der Waals surface area contributed by atoms with Crippen molar-refractivity contribution in [3.05, 3.63) is 51.8 Å². The number of halogens is 2. The molecule has 5 heteroatoms. The topological polar surface area (TPSA) is 29.9 Å². The zero-order valence-electron chi connectivity index (χ0n) is 12.0. The van der Waals surface area contributed by atoms with Gasteiger partial charge in [0, 0.05) is 28.8 Å². The van der Waals surface area contributed by atoms with Gasteiger partial charge in [-0.05, 0) is 25.1 Å². The molecule has 0 fully saturated rings. The molecule has 0 saturated carbocycles. The number of aromatic nitrogens is 2. The summed E-state index contributed by atoms with van der Waals surface area (Å²) in [5.41, 5.74) is 1.72. The van der Waals surface area contributed by atoms with Crippen molar-refractivity contribution >= 4 is 15.9 Å². The Balaban J connectivity index is 2.24. The van der Waals surface area contributed by atoms with Gasteiger partial charge in [0.05, 0.1) is 12.2 Å². The van der Waals surface area contributed by atoms with E-state index in [-0.39, 0.29) is 5.82 Å². The lowest BCUT2D eigenvalue weighted by Gasteiger charge is -2.13. The maximum atomic E-state index is 13.9. The number of rotatable bonds is 5. The van der Waals surface area contributed by atoms with Crippen LogP contribution in [0.15, 0.2) is 28.9 Å². The molecule has 1 aromatic carbocycles. The predicted molar refractivity (Wildman–Crippen MR) is 82.1 cm³/mol. The second-order valence-corrected chi connectivity index (χ2v) is 6.07. The molecule has 20 heavy (non-hydrogen) atoms. The Labute approximate surface area is 127 Å². The van der Waals surface area contributed by atoms with Crippen molar-refractivity contribution in [2.75, 3.05) is 0 Å². The Hall–Kier alpha value is -1.20. The van der Waals surface area contributed by atoms with Gasteiger partial charge in [-0.2, -0.15) is 0 Å². The summed E-state index contributed by atoms with van der Waals surface area (Å²) in [5, 5.41) is 3.36. The minimum atomic E-state index is -0.191. The Morgan fingerprint density at radius 2 is 2.15 bits per heavy atom. The highest BCUT2D eigenvalue weighted by Crippen LogP contribution is 2.18. The molecule has 0 radical (unpaired) electrons. The van der Waals surface area contributed by atoms with Crippen molar-refractivity contribution in [1.82, 2.24) is 14.9 Å². The van der Waals surface area contributed by atoms with Crippen molar-refractivity contribution < 1.29 is 4.39 Å². The van der Waals surface area contributed by atoms with Gasteiger partial charge < -0.3 is 9.88 Å². The highest BCUT2D eigenvalue weighted by atomic mass is 79.9. The van der Waals surface area contributed by atoms with Gasteiger partial charge in [0.15, 0.2) is 0 Å². The van der Waals surface area contributed by atoms with Crippen LogP contribution in [0, 0.1) is 12.7 Å². The Kier molecular flexibility index (Phi) is 4.94. The molecule has 108 valence electrons. The lowest BCUT2D eigenvalue weighted by molar-refractivity contribution is 0.552. The largest absolute Gasteiger partial charge is 0.326 e. The number of nitrogens with one attached hydrogen (secondary N) is 1. The maximum absolute atomic E-state index is 13.9. The van der Waals surface area contributed by atoms with E-state index in [2.05, 4.69) is 40.1 Å². The van der Waals surface area contributed by atoms with Gasteiger partial charge in [0.1, 0.15) is 11.6 Å². The van der Waals surface area contributed by atoms with Crippen LogP contribution in [-0.4, -0.2) is 15.6 Å². The van der Waals surface area contributed by atoms with Crippen molar-refractivity contribution in [2.45, 2.75) is 39.9 Å². The van der Waals surface area contributed by atoms with E-state index < -0.39 is 0 Å². The molecule has 1 N–H and O–H groups in total. The van der Waals surface area contributed by atoms with Crippen LogP contribution in [0.2, 0.25) is 0 Å². The molecule has 0 unspecified atom stereocenters. The average Bonchev–Trinajstić information content (AvgIpc) is 2.73. The molecule has 0 saturated heterocycles. The molecule has 0 spiro atoms. The SMILES string of the molecule is Cc1ncc(CNC(C)C)n1Cc1cc(Br)ccc1F. The monoisotopic (exact) mass is 339 g/mol. The summed E-state index contributed by atoms with van der Waals surface area (Å²) in [6, 6.07) is 5.41. The summed E-state index contributed by atoms with van der Waals surface area (Å²) >= 11 is 3.38. The van der Waals surface area contributed by atoms with Crippen LogP contribution in [-0.2, 0) is 13.1 Å². The van der Waals surface area contributed by atoms with Crippen molar-refractivity contribution in [3.8, 4) is 0 Å². The molecular weight excluding hydrogens is 321 g/mol. The van der Waals surface area contributed by atoms with Crippen molar-refractivity contribution in [2.24, 2.45) is 0 Å². The number of aryl methyl sites for hydroxylation is 1. The number of imidazole rings is 1. The van der Waals surface area contributed by atoms with Crippen LogP contribution >= 0.6 is 15.9 Å². The summed E-state index contributed by atoms with van der Waals surface area (Å²) in [7, 11) is 0. The average molecular weight is 340 g/mol. The Morgan fingerprint density at radius 3 is 2.85 bits per heavy atom. The molecule has 0 amide bonds. The maximum Gasteiger partial charge on any atom is 0.128 e. The second kappa shape index (κ2) is 6.50. The van der Waals surface area contributed by atoms with E-state index in [4.69, 9.17) is 0 Å². The fourth-order valence-electron chi connectivity index (χ4n) is 2.02. The van der Waals surface area contributed by atoms with Gasteiger partial charge in [0.2, 0.25) is 0 Å². The second-order valence-electron chi connectivity index (χ2n) is 5.15. The zero-order valence-corrected chi connectivity index (χ0v) is 13.5. The van der Waals surface area contributed by atoms with Gasteiger partial charge in [0.25, 0.3) is 0 Å². The van der Waals surface area contributed by atoms with E-state index in [0.29, 0.717) is 18.2 Å². The van der Waals surface area contributed by atoms with Crippen LogP contribution in [0.3, 0.4) is 0 Å². The molecular formula is C15H19BrFN3.